The Labute approximate surface area is 210 Å². The maximum atomic E-state index is 13.0. The number of nitrogens with zero attached hydrogens (tertiary/aromatic N) is 3. The summed E-state index contributed by atoms with van der Waals surface area (Å²) < 4.78 is 38.4. The highest BCUT2D eigenvalue weighted by Crippen LogP contribution is 2.36. The Morgan fingerprint density at radius 1 is 1.23 bits per heavy atom. The van der Waals surface area contributed by atoms with Crippen LogP contribution in [0.25, 0.3) is 0 Å². The first kappa shape index (κ1) is 28.8. The minimum atomic E-state index is -3.78. The van der Waals surface area contributed by atoms with Gasteiger partial charge < -0.3 is 19.7 Å². The molecule has 35 heavy (non-hydrogen) atoms. The van der Waals surface area contributed by atoms with Gasteiger partial charge in [-0.25, -0.2) is 0 Å². The minimum absolute atomic E-state index is 0.0320. The second kappa shape index (κ2) is 13.6. The Kier molecular flexibility index (Phi) is 11.2. The lowest BCUT2D eigenvalue weighted by Gasteiger charge is -2.25. The Bertz CT molecular complexity index is 1020. The summed E-state index contributed by atoms with van der Waals surface area (Å²) in [5.74, 6) is -0.788. The number of carbonyl (C=O) groups is 1. The maximum absolute atomic E-state index is 13.0. The van der Waals surface area contributed by atoms with Crippen LogP contribution in [0.1, 0.15) is 29.6 Å². The number of nitrogens with one attached hydrogen (secondary N) is 1. The molecule has 1 saturated heterocycles. The number of amides is 1. The van der Waals surface area contributed by atoms with Gasteiger partial charge in [-0.3, -0.25) is 29.2 Å². The molecule has 1 aromatic rings. The molecule has 0 aromatic heterocycles. The summed E-state index contributed by atoms with van der Waals surface area (Å²) in [5, 5.41) is 26.0. The Morgan fingerprint density at radius 2 is 1.97 bits per heavy atom. The first-order valence-electron chi connectivity index (χ1n) is 10.7. The summed E-state index contributed by atoms with van der Waals surface area (Å²) in [6.45, 7) is 0.356. The number of halogens is 1. The van der Waals surface area contributed by atoms with Crippen LogP contribution in [-0.4, -0.2) is 81.5 Å². The molecular weight excluding hydrogens is 556 g/mol. The predicted molar refractivity (Wildman–Crippen MR) is 128 cm³/mol. The number of alkyl halides is 1. The first-order chi connectivity index (χ1) is 16.5. The topological polar surface area (TPSA) is 180 Å². The standard InChI is InChI=1S/C19H27BrN4O10S/c1-35(30,31)34-11-8-22(7-5-20)18-15(12-14(23(26)27)13-16(18)24(28)29)19(25)21-6-10-33-17-4-2-3-9-32-17/h12-13,17H,2-11H2,1H3,(H,21,25). The summed E-state index contributed by atoms with van der Waals surface area (Å²) >= 11 is 3.22. The average Bonchev–Trinajstić information content (AvgIpc) is 2.80. The average molecular weight is 583 g/mol. The van der Waals surface area contributed by atoms with Crippen molar-refractivity contribution in [3.05, 3.63) is 37.9 Å². The molecule has 0 aliphatic carbocycles. The van der Waals surface area contributed by atoms with Crippen LogP contribution in [0.3, 0.4) is 0 Å². The van der Waals surface area contributed by atoms with Crippen LogP contribution in [0.15, 0.2) is 12.1 Å². The molecule has 1 aromatic carbocycles. The zero-order valence-electron chi connectivity index (χ0n) is 19.0. The van der Waals surface area contributed by atoms with Gasteiger partial charge in [-0.05, 0) is 19.3 Å². The van der Waals surface area contributed by atoms with Crippen LogP contribution < -0.4 is 10.2 Å². The molecule has 1 amide bonds. The van der Waals surface area contributed by atoms with E-state index in [4.69, 9.17) is 13.7 Å². The molecule has 1 heterocycles. The van der Waals surface area contributed by atoms with E-state index in [2.05, 4.69) is 21.2 Å². The first-order valence-corrected chi connectivity index (χ1v) is 13.6. The van der Waals surface area contributed by atoms with Gasteiger partial charge in [0.05, 0.1) is 40.9 Å². The van der Waals surface area contributed by atoms with E-state index in [1.54, 1.807) is 0 Å². The predicted octanol–water partition coefficient (Wildman–Crippen LogP) is 1.95. The van der Waals surface area contributed by atoms with Gasteiger partial charge in [-0.1, -0.05) is 15.9 Å². The third kappa shape index (κ3) is 9.29. The smallest absolute Gasteiger partial charge is 0.300 e. The van der Waals surface area contributed by atoms with Crippen LogP contribution >= 0.6 is 15.9 Å². The Morgan fingerprint density at radius 3 is 2.54 bits per heavy atom. The van der Waals surface area contributed by atoms with Crippen molar-refractivity contribution in [1.82, 2.24) is 5.32 Å². The van der Waals surface area contributed by atoms with Gasteiger partial charge in [-0.2, -0.15) is 8.42 Å². The summed E-state index contributed by atoms with van der Waals surface area (Å²) in [6, 6.07) is 1.70. The molecule has 1 N–H and O–H groups in total. The number of benzene rings is 1. The number of hydrogen-bond acceptors (Lipinski definition) is 11. The summed E-state index contributed by atoms with van der Waals surface area (Å²) in [5.41, 5.74) is -1.80. The van der Waals surface area contributed by atoms with Crippen LogP contribution in [-0.2, 0) is 23.8 Å². The number of nitro benzene ring substituents is 2. The molecule has 16 heteroatoms. The summed E-state index contributed by atoms with van der Waals surface area (Å²) in [7, 11) is -3.78. The Hall–Kier alpha value is -2.40. The lowest BCUT2D eigenvalue weighted by Crippen LogP contribution is -2.35. The fraction of sp³-hybridized carbons (Fsp3) is 0.632. The zero-order valence-corrected chi connectivity index (χ0v) is 21.4. The third-order valence-corrected chi connectivity index (χ3v) is 5.83. The number of carbonyl (C=O) groups excluding carboxylic acids is 1. The highest BCUT2D eigenvalue weighted by atomic mass is 79.9. The number of ether oxygens (including phenoxy) is 2. The van der Waals surface area contributed by atoms with E-state index in [9.17, 15) is 33.4 Å². The van der Waals surface area contributed by atoms with Crippen molar-refractivity contribution in [1.29, 1.82) is 0 Å². The number of non-ortho nitro benzene ring substituents is 1. The molecule has 0 radical (unpaired) electrons. The number of hydrogen-bond donors (Lipinski definition) is 1. The van der Waals surface area contributed by atoms with Gasteiger partial charge in [0.2, 0.25) is 0 Å². The van der Waals surface area contributed by atoms with E-state index in [-0.39, 0.29) is 50.4 Å². The summed E-state index contributed by atoms with van der Waals surface area (Å²) in [4.78, 5) is 35.9. The van der Waals surface area contributed by atoms with E-state index >= 15 is 0 Å². The second-order valence-corrected chi connectivity index (χ2v) is 9.94. The summed E-state index contributed by atoms with van der Waals surface area (Å²) in [6.07, 6.45) is 3.12. The largest absolute Gasteiger partial charge is 0.362 e. The van der Waals surface area contributed by atoms with Crippen LogP contribution in [0.4, 0.5) is 17.1 Å². The molecule has 1 aliphatic rings. The quantitative estimate of drug-likeness (QED) is 0.111. The van der Waals surface area contributed by atoms with Crippen molar-refractivity contribution in [3.63, 3.8) is 0 Å². The zero-order chi connectivity index (χ0) is 26.0. The molecule has 0 spiro atoms. The van der Waals surface area contributed by atoms with Crippen molar-refractivity contribution in [2.45, 2.75) is 25.6 Å². The fourth-order valence-electron chi connectivity index (χ4n) is 3.38. The van der Waals surface area contributed by atoms with Crippen LogP contribution in [0.5, 0.6) is 0 Å². The molecule has 1 fully saturated rings. The molecule has 1 atom stereocenters. The Balaban J connectivity index is 2.31. The van der Waals surface area contributed by atoms with Gasteiger partial charge >= 0.3 is 0 Å². The number of nitro groups is 2. The minimum Gasteiger partial charge on any atom is -0.362 e. The molecule has 0 saturated carbocycles. The van der Waals surface area contributed by atoms with Crippen molar-refractivity contribution in [3.8, 4) is 0 Å². The van der Waals surface area contributed by atoms with Gasteiger partial charge in [0.15, 0.2) is 6.29 Å². The maximum Gasteiger partial charge on any atom is 0.300 e. The lowest BCUT2D eigenvalue weighted by molar-refractivity contribution is -0.393. The van der Waals surface area contributed by atoms with Crippen molar-refractivity contribution >= 4 is 49.0 Å². The van der Waals surface area contributed by atoms with Crippen molar-refractivity contribution in [2.75, 3.05) is 55.9 Å². The SMILES string of the molecule is CS(=O)(=O)OCCN(CCBr)c1c(C(=O)NCCOC2CCCCO2)cc([N+](=O)[O-])cc1[N+](=O)[O-]. The molecular formula is C19H27BrN4O10S. The van der Waals surface area contributed by atoms with E-state index < -0.39 is 37.2 Å². The van der Waals surface area contributed by atoms with Crippen molar-refractivity contribution in [2.24, 2.45) is 0 Å². The highest BCUT2D eigenvalue weighted by molar-refractivity contribution is 9.09. The van der Waals surface area contributed by atoms with E-state index in [0.29, 0.717) is 11.9 Å². The highest BCUT2D eigenvalue weighted by Gasteiger charge is 2.31. The normalized spacial score (nSPS) is 16.0. The van der Waals surface area contributed by atoms with Crippen molar-refractivity contribution < 1.29 is 36.7 Å². The van der Waals surface area contributed by atoms with Crippen LogP contribution in [0.2, 0.25) is 0 Å². The van der Waals surface area contributed by atoms with E-state index in [0.717, 1.165) is 37.7 Å². The molecule has 196 valence electrons. The molecule has 2 rings (SSSR count). The third-order valence-electron chi connectivity index (χ3n) is 4.89. The van der Waals surface area contributed by atoms with Gasteiger partial charge in [0.25, 0.3) is 27.4 Å². The monoisotopic (exact) mass is 582 g/mol. The molecule has 1 aliphatic heterocycles. The van der Waals surface area contributed by atoms with Gasteiger partial charge in [0, 0.05) is 37.6 Å². The van der Waals surface area contributed by atoms with Crippen LogP contribution in [0, 0.1) is 20.2 Å². The van der Waals surface area contributed by atoms with Gasteiger partial charge in [-0.15, -0.1) is 0 Å². The molecule has 0 bridgehead atoms. The molecule has 14 nitrogen and oxygen atoms in total. The second-order valence-electron chi connectivity index (χ2n) is 7.50. The molecule has 1 unspecified atom stereocenters. The number of rotatable bonds is 14. The van der Waals surface area contributed by atoms with Gasteiger partial charge in [0.1, 0.15) is 5.69 Å². The fourth-order valence-corrected chi connectivity index (χ4v) is 4.19. The lowest BCUT2D eigenvalue weighted by atomic mass is 10.1. The van der Waals surface area contributed by atoms with E-state index in [1.165, 1.54) is 4.90 Å². The van der Waals surface area contributed by atoms with E-state index in [1.807, 2.05) is 0 Å². The number of anilines is 1.